The molecule has 256 valence electrons. The number of piperidine rings is 2. The number of hydrogen-bond donors (Lipinski definition) is 4. The number of imide groups is 2. The molecule has 7 aliphatic rings. The number of carbonyl (C=O) groups is 4. The van der Waals surface area contributed by atoms with Crippen LogP contribution in [0.3, 0.4) is 0 Å². The number of hydrogen-bond acceptors (Lipinski definition) is 6. The maximum absolute atomic E-state index is 13.6. The fraction of sp³-hybridized carbons (Fsp3) is 0.400. The summed E-state index contributed by atoms with van der Waals surface area (Å²) in [6.07, 6.45) is 9.10. The van der Waals surface area contributed by atoms with Crippen molar-refractivity contribution in [2.45, 2.75) is 64.2 Å². The highest BCUT2D eigenvalue weighted by atomic mass is 16.2. The van der Waals surface area contributed by atoms with Crippen LogP contribution in [-0.4, -0.2) is 69.6 Å². The van der Waals surface area contributed by atoms with Crippen LogP contribution in [0.2, 0.25) is 0 Å². The molecule has 10 nitrogen and oxygen atoms in total. The molecule has 0 radical (unpaired) electrons. The van der Waals surface area contributed by atoms with Crippen molar-refractivity contribution in [3.8, 4) is 0 Å². The number of H-pyrrole nitrogens is 2. The SMILES string of the molecule is O=C1NC(=O)C2=C1c1c([nH]c3ccccc13)CCCCCc1[nH]c3ccccc3c1C1=C(C(=O)NC1=O)N1CCC(CC1)CC1CCN2CC1. The lowest BCUT2D eigenvalue weighted by Crippen LogP contribution is -2.39. The zero-order chi connectivity index (χ0) is 33.9. The Bertz CT molecular complexity index is 1990. The summed E-state index contributed by atoms with van der Waals surface area (Å²) >= 11 is 0. The predicted octanol–water partition coefficient (Wildman–Crippen LogP) is 5.17. The van der Waals surface area contributed by atoms with Crippen LogP contribution in [0.5, 0.6) is 0 Å². The van der Waals surface area contributed by atoms with Gasteiger partial charge < -0.3 is 19.8 Å². The van der Waals surface area contributed by atoms with Crippen molar-refractivity contribution in [2.75, 3.05) is 26.2 Å². The summed E-state index contributed by atoms with van der Waals surface area (Å²) < 4.78 is 0. The monoisotopic (exact) mass is 670 g/mol. The van der Waals surface area contributed by atoms with Gasteiger partial charge in [-0.05, 0) is 81.8 Å². The molecule has 2 aromatic heterocycles. The van der Waals surface area contributed by atoms with E-state index in [1.807, 2.05) is 48.5 Å². The third-order valence-electron chi connectivity index (χ3n) is 11.8. The molecular weight excluding hydrogens is 628 g/mol. The second-order valence-electron chi connectivity index (χ2n) is 14.7. The van der Waals surface area contributed by atoms with Crippen molar-refractivity contribution in [1.29, 1.82) is 0 Å². The van der Waals surface area contributed by atoms with E-state index in [-0.39, 0.29) is 23.6 Å². The normalized spacial score (nSPS) is 23.5. The number of rotatable bonds is 0. The van der Waals surface area contributed by atoms with E-state index in [9.17, 15) is 19.2 Å². The first-order valence-corrected chi connectivity index (χ1v) is 18.3. The summed E-state index contributed by atoms with van der Waals surface area (Å²) in [6.45, 7) is 2.97. The van der Waals surface area contributed by atoms with Gasteiger partial charge in [-0.15, -0.1) is 0 Å². The molecule has 0 atom stereocenters. The minimum absolute atomic E-state index is 0.293. The number of aromatic nitrogens is 2. The zero-order valence-corrected chi connectivity index (χ0v) is 28.2. The number of aryl methyl sites for hydroxylation is 2. The van der Waals surface area contributed by atoms with Crippen LogP contribution >= 0.6 is 0 Å². The number of aromatic amines is 2. The molecular formula is C40H42N6O4. The minimum atomic E-state index is -0.311. The van der Waals surface area contributed by atoms with E-state index in [1.54, 1.807) is 0 Å². The predicted molar refractivity (Wildman–Crippen MR) is 191 cm³/mol. The van der Waals surface area contributed by atoms with Crippen LogP contribution in [0.25, 0.3) is 33.0 Å². The van der Waals surface area contributed by atoms with Crippen LogP contribution in [-0.2, 0) is 32.0 Å². The van der Waals surface area contributed by atoms with Gasteiger partial charge in [-0.2, -0.15) is 0 Å². The molecule has 0 spiro atoms. The number of amides is 4. The lowest BCUT2D eigenvalue weighted by molar-refractivity contribution is -0.125. The molecule has 9 heterocycles. The fourth-order valence-electron chi connectivity index (χ4n) is 9.34. The summed E-state index contributed by atoms with van der Waals surface area (Å²) in [5, 5.41) is 7.22. The van der Waals surface area contributed by atoms with E-state index >= 15 is 0 Å². The standard InChI is InChI=1S/C40H42N6O4/c47-37-33-31-25-8-4-6-10-27(25)41-29(31)12-2-1-3-13-30-32(26-9-5-7-11-28(26)42-30)34-36(40(50)44-38(34)48)46-20-16-24(17-21-46)22-23-14-18-45(19-15-23)35(33)39(49)43-37/h4-11,23-24,41-42H,1-3,12-22H2,(H,43,47,49)(H,44,48,50). The quantitative estimate of drug-likeness (QED) is 0.191. The van der Waals surface area contributed by atoms with Gasteiger partial charge >= 0.3 is 0 Å². The molecule has 11 rings (SSSR count). The number of carbonyl (C=O) groups excluding carboxylic acids is 4. The topological polar surface area (TPSA) is 130 Å². The van der Waals surface area contributed by atoms with Crippen molar-refractivity contribution in [2.24, 2.45) is 11.8 Å². The van der Waals surface area contributed by atoms with E-state index in [1.165, 1.54) is 0 Å². The Balaban J connectivity index is 1.10. The van der Waals surface area contributed by atoms with Gasteiger partial charge in [-0.25, -0.2) is 0 Å². The Morgan fingerprint density at radius 1 is 0.520 bits per heavy atom. The van der Waals surface area contributed by atoms with Gasteiger partial charge in [0.25, 0.3) is 23.6 Å². The summed E-state index contributed by atoms with van der Waals surface area (Å²) in [6, 6.07) is 16.1. The van der Waals surface area contributed by atoms with Gasteiger partial charge in [-0.3, -0.25) is 29.8 Å². The summed E-state index contributed by atoms with van der Waals surface area (Å²) in [7, 11) is 0. The second kappa shape index (κ2) is 12.3. The maximum atomic E-state index is 13.6. The number of fused-ring (bicyclic) bond motifs is 4. The highest BCUT2D eigenvalue weighted by Crippen LogP contribution is 2.40. The van der Waals surface area contributed by atoms with Crippen LogP contribution < -0.4 is 10.6 Å². The minimum Gasteiger partial charge on any atom is -0.366 e. The van der Waals surface area contributed by atoms with E-state index in [2.05, 4.69) is 30.4 Å². The maximum Gasteiger partial charge on any atom is 0.275 e. The first kappa shape index (κ1) is 30.9. The van der Waals surface area contributed by atoms with Gasteiger partial charge in [-0.1, -0.05) is 42.8 Å². The van der Waals surface area contributed by atoms with Gasteiger partial charge in [0, 0.05) is 70.5 Å². The van der Waals surface area contributed by atoms with Crippen molar-refractivity contribution < 1.29 is 19.2 Å². The highest BCUT2D eigenvalue weighted by molar-refractivity contribution is 6.38. The van der Waals surface area contributed by atoms with Gasteiger partial charge in [0.2, 0.25) is 0 Å². The molecule has 4 N–H and O–H groups in total. The van der Waals surface area contributed by atoms with Crippen molar-refractivity contribution in [3.05, 3.63) is 82.4 Å². The lowest BCUT2D eigenvalue weighted by atomic mass is 9.82. The molecule has 2 saturated heterocycles. The average Bonchev–Trinajstić information content (AvgIpc) is 3.83. The van der Waals surface area contributed by atoms with Gasteiger partial charge in [0.05, 0.1) is 11.1 Å². The van der Waals surface area contributed by atoms with Gasteiger partial charge in [0.15, 0.2) is 0 Å². The molecule has 10 heteroatoms. The van der Waals surface area contributed by atoms with Crippen molar-refractivity contribution >= 4 is 56.6 Å². The molecule has 50 heavy (non-hydrogen) atoms. The summed E-state index contributed by atoms with van der Waals surface area (Å²) in [5.41, 5.74) is 7.64. The Hall–Kier alpha value is -5.12. The van der Waals surface area contributed by atoms with Crippen LogP contribution in [0.1, 0.15) is 73.9 Å². The Morgan fingerprint density at radius 3 is 1.38 bits per heavy atom. The number of nitrogens with zero attached hydrogens (tertiary/aromatic N) is 2. The van der Waals surface area contributed by atoms with E-state index < -0.39 is 0 Å². The molecule has 7 aliphatic heterocycles. The van der Waals surface area contributed by atoms with E-state index in [0.29, 0.717) is 34.4 Å². The fourth-order valence-corrected chi connectivity index (χ4v) is 9.34. The molecule has 0 aliphatic carbocycles. The highest BCUT2D eigenvalue weighted by Gasteiger charge is 2.40. The van der Waals surface area contributed by atoms with Crippen molar-refractivity contribution in [1.82, 2.24) is 30.4 Å². The van der Waals surface area contributed by atoms with Crippen LogP contribution in [0.4, 0.5) is 0 Å². The average molecular weight is 671 g/mol. The molecule has 4 aromatic rings. The number of nitrogens with one attached hydrogen (secondary N) is 4. The zero-order valence-electron chi connectivity index (χ0n) is 28.2. The Labute approximate surface area is 290 Å². The molecule has 0 unspecified atom stereocenters. The molecule has 2 aromatic carbocycles. The number of para-hydroxylation sites is 2. The molecule has 2 fully saturated rings. The molecule has 4 bridgehead atoms. The Morgan fingerprint density at radius 2 is 0.940 bits per heavy atom. The Kier molecular flexibility index (Phi) is 7.62. The molecule has 4 amide bonds. The van der Waals surface area contributed by atoms with Crippen molar-refractivity contribution in [3.63, 3.8) is 0 Å². The molecule has 0 saturated carbocycles. The van der Waals surface area contributed by atoms with E-state index in [0.717, 1.165) is 135 Å². The second-order valence-corrected chi connectivity index (χ2v) is 14.7. The lowest BCUT2D eigenvalue weighted by Gasteiger charge is -2.38. The number of benzene rings is 2. The largest absolute Gasteiger partial charge is 0.366 e. The van der Waals surface area contributed by atoms with Crippen LogP contribution in [0, 0.1) is 11.8 Å². The summed E-state index contributed by atoms with van der Waals surface area (Å²) in [5.74, 6) is -0.137. The van der Waals surface area contributed by atoms with E-state index in [4.69, 9.17) is 0 Å². The van der Waals surface area contributed by atoms with Crippen LogP contribution in [0.15, 0.2) is 59.9 Å². The van der Waals surface area contributed by atoms with Gasteiger partial charge in [0.1, 0.15) is 11.4 Å². The summed E-state index contributed by atoms with van der Waals surface area (Å²) in [4.78, 5) is 65.5. The first-order valence-electron chi connectivity index (χ1n) is 18.3. The third kappa shape index (κ3) is 5.15. The third-order valence-corrected chi connectivity index (χ3v) is 11.8. The smallest absolute Gasteiger partial charge is 0.275 e. The first-order chi connectivity index (χ1) is 24.4.